The van der Waals surface area contributed by atoms with Gasteiger partial charge in [0.1, 0.15) is 0 Å². The van der Waals surface area contributed by atoms with Crippen molar-refractivity contribution in [1.29, 1.82) is 5.26 Å². The molecule has 0 heterocycles. The van der Waals surface area contributed by atoms with Gasteiger partial charge in [-0.1, -0.05) is 35.9 Å². The van der Waals surface area contributed by atoms with Crippen LogP contribution in [0, 0.1) is 17.2 Å². The molecule has 0 aliphatic heterocycles. The third kappa shape index (κ3) is 4.47. The van der Waals surface area contributed by atoms with Crippen LogP contribution in [-0.4, -0.2) is 24.9 Å². The number of nitrogens with zero attached hydrogens (tertiary/aromatic N) is 1. The maximum Gasteiger partial charge on any atom is 0.178 e. The minimum atomic E-state index is -3.41. The fraction of sp³-hybridized carbons (Fsp3) is 0.318. The number of hydrogen-bond donors (Lipinski definition) is 1. The molecule has 0 radical (unpaired) electrons. The Labute approximate surface area is 171 Å². The van der Waals surface area contributed by atoms with Gasteiger partial charge in [-0.25, -0.2) is 8.42 Å². The fourth-order valence-corrected chi connectivity index (χ4v) is 5.60. The average Bonchev–Trinajstić information content (AvgIpc) is 2.70. The van der Waals surface area contributed by atoms with E-state index in [1.807, 2.05) is 6.07 Å². The summed E-state index contributed by atoms with van der Waals surface area (Å²) >= 11 is 6.24. The molecular formula is C22H22ClNO3S. The van der Waals surface area contributed by atoms with Gasteiger partial charge in [-0.15, -0.1) is 6.58 Å². The molecule has 2 aromatic carbocycles. The highest BCUT2D eigenvalue weighted by Gasteiger charge is 2.32. The molecule has 0 aromatic heterocycles. The lowest BCUT2D eigenvalue weighted by atomic mass is 9.80. The highest BCUT2D eigenvalue weighted by atomic mass is 35.5. The van der Waals surface area contributed by atoms with Crippen LogP contribution >= 0.6 is 11.6 Å². The smallest absolute Gasteiger partial charge is 0.178 e. The lowest BCUT2D eigenvalue weighted by Gasteiger charge is -2.33. The molecule has 3 rings (SSSR count). The van der Waals surface area contributed by atoms with Crippen molar-refractivity contribution in [1.82, 2.24) is 0 Å². The first-order valence-corrected chi connectivity index (χ1v) is 11.2. The highest BCUT2D eigenvalue weighted by molar-refractivity contribution is 7.91. The monoisotopic (exact) mass is 415 g/mol. The predicted molar refractivity (Wildman–Crippen MR) is 111 cm³/mol. The van der Waals surface area contributed by atoms with Gasteiger partial charge in [0, 0.05) is 10.6 Å². The zero-order chi connectivity index (χ0) is 20.4. The van der Waals surface area contributed by atoms with Gasteiger partial charge < -0.3 is 5.11 Å². The average molecular weight is 416 g/mol. The van der Waals surface area contributed by atoms with Gasteiger partial charge in [0.2, 0.25) is 0 Å². The Morgan fingerprint density at radius 2 is 1.86 bits per heavy atom. The van der Waals surface area contributed by atoms with E-state index in [-0.39, 0.29) is 16.6 Å². The first-order chi connectivity index (χ1) is 13.3. The molecule has 1 N–H and O–H groups in total. The second-order valence-corrected chi connectivity index (χ2v) is 9.80. The van der Waals surface area contributed by atoms with Crippen LogP contribution < -0.4 is 0 Å². The van der Waals surface area contributed by atoms with E-state index >= 15 is 0 Å². The summed E-state index contributed by atoms with van der Waals surface area (Å²) in [5, 5.41) is 19.6. The van der Waals surface area contributed by atoms with E-state index in [0.29, 0.717) is 36.3 Å². The van der Waals surface area contributed by atoms with E-state index < -0.39 is 15.4 Å². The molecule has 0 spiro atoms. The van der Waals surface area contributed by atoms with E-state index in [2.05, 4.69) is 6.58 Å². The van der Waals surface area contributed by atoms with Crippen molar-refractivity contribution >= 4 is 21.4 Å². The van der Waals surface area contributed by atoms with Gasteiger partial charge in [0.15, 0.2) is 9.84 Å². The number of aliphatic hydroxyl groups is 1. The van der Waals surface area contributed by atoms with E-state index in [1.165, 1.54) is 0 Å². The van der Waals surface area contributed by atoms with Crippen LogP contribution in [0.15, 0.2) is 60.0 Å². The number of hydrogen-bond acceptors (Lipinski definition) is 4. The quantitative estimate of drug-likeness (QED) is 0.714. The van der Waals surface area contributed by atoms with E-state index in [0.717, 1.165) is 11.1 Å². The summed E-state index contributed by atoms with van der Waals surface area (Å²) in [4.78, 5) is 0.283. The van der Waals surface area contributed by atoms with Crippen molar-refractivity contribution in [3.8, 4) is 17.2 Å². The molecule has 0 bridgehead atoms. The predicted octanol–water partition coefficient (Wildman–Crippen LogP) is 4.76. The molecule has 0 atom stereocenters. The molecule has 1 saturated carbocycles. The minimum absolute atomic E-state index is 0.0397. The van der Waals surface area contributed by atoms with Crippen molar-refractivity contribution in [2.75, 3.05) is 5.75 Å². The zero-order valence-electron chi connectivity index (χ0n) is 15.4. The van der Waals surface area contributed by atoms with Crippen LogP contribution in [0.1, 0.15) is 31.2 Å². The van der Waals surface area contributed by atoms with Crippen LogP contribution in [0.5, 0.6) is 0 Å². The summed E-state index contributed by atoms with van der Waals surface area (Å²) < 4.78 is 25.6. The van der Waals surface area contributed by atoms with Gasteiger partial charge in [-0.05, 0) is 61.4 Å². The minimum Gasteiger partial charge on any atom is -0.386 e. The third-order valence-corrected chi connectivity index (χ3v) is 7.64. The van der Waals surface area contributed by atoms with Crippen LogP contribution in [0.3, 0.4) is 0 Å². The Bertz CT molecular complexity index is 1010. The van der Waals surface area contributed by atoms with Crippen LogP contribution in [0.25, 0.3) is 11.1 Å². The second kappa shape index (κ2) is 8.08. The van der Waals surface area contributed by atoms with Crippen molar-refractivity contribution in [2.24, 2.45) is 5.92 Å². The molecule has 1 aliphatic rings. The first kappa shape index (κ1) is 20.6. The summed E-state index contributed by atoms with van der Waals surface area (Å²) in [6.07, 6.45) is 3.99. The summed E-state index contributed by atoms with van der Waals surface area (Å²) in [6, 6.07) is 13.7. The van der Waals surface area contributed by atoms with Crippen molar-refractivity contribution in [3.63, 3.8) is 0 Å². The van der Waals surface area contributed by atoms with Crippen LogP contribution in [-0.2, 0) is 9.84 Å². The summed E-state index contributed by atoms with van der Waals surface area (Å²) in [7, 11) is -3.41. The van der Waals surface area contributed by atoms with Crippen molar-refractivity contribution < 1.29 is 13.5 Å². The van der Waals surface area contributed by atoms with E-state index in [4.69, 9.17) is 16.9 Å². The van der Waals surface area contributed by atoms with Gasteiger partial charge in [-0.2, -0.15) is 5.26 Å². The normalized spacial score (nSPS) is 22.4. The molecular weight excluding hydrogens is 394 g/mol. The van der Waals surface area contributed by atoms with E-state index in [9.17, 15) is 13.5 Å². The number of benzene rings is 2. The Morgan fingerprint density at radius 1 is 1.21 bits per heavy atom. The Kier molecular flexibility index (Phi) is 5.95. The van der Waals surface area contributed by atoms with Gasteiger partial charge in [0.25, 0.3) is 0 Å². The van der Waals surface area contributed by atoms with Crippen molar-refractivity contribution in [3.05, 3.63) is 65.7 Å². The Hall–Kier alpha value is -2.13. The molecule has 28 heavy (non-hydrogen) atoms. The molecule has 0 amide bonds. The largest absolute Gasteiger partial charge is 0.386 e. The summed E-state index contributed by atoms with van der Waals surface area (Å²) in [5.41, 5.74) is 1.16. The number of sulfone groups is 1. The Morgan fingerprint density at radius 3 is 2.39 bits per heavy atom. The topological polar surface area (TPSA) is 78.2 Å². The number of rotatable bonds is 5. The van der Waals surface area contributed by atoms with Crippen LogP contribution in [0.4, 0.5) is 0 Å². The molecule has 0 saturated heterocycles. The maximum atomic E-state index is 12.8. The van der Waals surface area contributed by atoms with E-state index in [1.54, 1.807) is 48.5 Å². The first-order valence-electron chi connectivity index (χ1n) is 9.15. The fourth-order valence-electron chi connectivity index (χ4n) is 3.62. The lowest BCUT2D eigenvalue weighted by molar-refractivity contribution is 0.0387. The molecule has 146 valence electrons. The third-order valence-electron chi connectivity index (χ3n) is 5.43. The van der Waals surface area contributed by atoms with Crippen LogP contribution in [0.2, 0.25) is 5.02 Å². The van der Waals surface area contributed by atoms with Crippen molar-refractivity contribution in [2.45, 2.75) is 36.2 Å². The summed E-state index contributed by atoms with van der Waals surface area (Å²) in [5.74, 6) is 0.120. The highest BCUT2D eigenvalue weighted by Crippen LogP contribution is 2.35. The molecule has 2 aromatic rings. The molecule has 1 aliphatic carbocycles. The Balaban J connectivity index is 1.74. The maximum absolute atomic E-state index is 12.8. The molecule has 0 unspecified atom stereocenters. The lowest BCUT2D eigenvalue weighted by Crippen LogP contribution is -2.33. The SMILES string of the molecule is C=CC1(O)CCC(CS(=O)(=O)c2ccc(-c3ccc(C#N)cc3Cl)cc2)CC1. The molecule has 1 fully saturated rings. The van der Waals surface area contributed by atoms with Gasteiger partial charge in [0.05, 0.1) is 27.9 Å². The standard InChI is InChI=1S/C22H22ClNO3S/c1-2-22(25)11-9-16(10-12-22)15-28(26,27)19-6-4-18(5-7-19)20-8-3-17(14-24)13-21(20)23/h2-8,13,16,25H,1,9-12,15H2. The second-order valence-electron chi connectivity index (χ2n) is 7.36. The van der Waals surface area contributed by atoms with Gasteiger partial charge in [-0.3, -0.25) is 0 Å². The number of halogens is 1. The number of nitriles is 1. The molecule has 6 heteroatoms. The zero-order valence-corrected chi connectivity index (χ0v) is 17.0. The summed E-state index contributed by atoms with van der Waals surface area (Å²) in [6.45, 7) is 3.66. The van der Waals surface area contributed by atoms with Gasteiger partial charge >= 0.3 is 0 Å². The molecule has 4 nitrogen and oxygen atoms in total.